The van der Waals surface area contributed by atoms with Crippen LogP contribution in [0.5, 0.6) is 0 Å². The highest BCUT2D eigenvalue weighted by Gasteiger charge is 2.40. The molecule has 2 fully saturated rings. The number of nitrogens with zero attached hydrogens (tertiary/aromatic N) is 5. The lowest BCUT2D eigenvalue weighted by molar-refractivity contribution is -0.141. The van der Waals surface area contributed by atoms with Crippen LogP contribution in [0.3, 0.4) is 0 Å². The maximum atomic E-state index is 14.0. The predicted octanol–water partition coefficient (Wildman–Crippen LogP) is 7.50. The van der Waals surface area contributed by atoms with Crippen molar-refractivity contribution in [2.75, 3.05) is 56.8 Å². The number of hydrogen-bond acceptors (Lipinski definition) is 7. The van der Waals surface area contributed by atoms with Crippen LogP contribution in [0.4, 0.5) is 21.5 Å². The molecular formula is C50H56FN7O4. The molecule has 5 aromatic carbocycles. The number of anilines is 3. The van der Waals surface area contributed by atoms with E-state index in [1.807, 2.05) is 147 Å². The second-order valence-electron chi connectivity index (χ2n) is 16.6. The van der Waals surface area contributed by atoms with Gasteiger partial charge in [-0.1, -0.05) is 84.9 Å². The lowest BCUT2D eigenvalue weighted by Crippen LogP contribution is -2.47. The molecule has 62 heavy (non-hydrogen) atoms. The third-order valence-corrected chi connectivity index (χ3v) is 11.8. The lowest BCUT2D eigenvalue weighted by atomic mass is 10.0. The number of halogens is 1. The summed E-state index contributed by atoms with van der Waals surface area (Å²) in [4.78, 5) is 64.2. The van der Waals surface area contributed by atoms with Crippen LogP contribution in [0.2, 0.25) is 0 Å². The van der Waals surface area contributed by atoms with E-state index in [4.69, 9.17) is 0 Å². The minimum Gasteiger partial charge on any atom is -0.363 e. The van der Waals surface area contributed by atoms with E-state index >= 15 is 0 Å². The summed E-state index contributed by atoms with van der Waals surface area (Å²) in [7, 11) is 7.51. The molecule has 4 unspecified atom stereocenters. The van der Waals surface area contributed by atoms with Gasteiger partial charge in [0.05, 0.1) is 0 Å². The van der Waals surface area contributed by atoms with E-state index in [-0.39, 0.29) is 29.4 Å². The molecule has 0 saturated carbocycles. The number of nitrogens with one attached hydrogen (secondary N) is 2. The zero-order chi connectivity index (χ0) is 43.8. The van der Waals surface area contributed by atoms with E-state index in [1.54, 1.807) is 21.9 Å². The lowest BCUT2D eigenvalue weighted by Gasteiger charge is -2.31. The van der Waals surface area contributed by atoms with Gasteiger partial charge in [-0.3, -0.25) is 29.0 Å². The van der Waals surface area contributed by atoms with E-state index < -0.39 is 24.2 Å². The highest BCUT2D eigenvalue weighted by atomic mass is 19.1. The van der Waals surface area contributed by atoms with Crippen molar-refractivity contribution in [3.8, 4) is 0 Å². The summed E-state index contributed by atoms with van der Waals surface area (Å²) >= 11 is 0. The Bertz CT molecular complexity index is 2150. The molecule has 0 spiro atoms. The van der Waals surface area contributed by atoms with Crippen molar-refractivity contribution in [3.05, 3.63) is 162 Å². The molecule has 0 aliphatic carbocycles. The molecule has 2 aliphatic heterocycles. The van der Waals surface area contributed by atoms with Gasteiger partial charge in [-0.2, -0.15) is 0 Å². The first-order valence-electron chi connectivity index (χ1n) is 21.3. The fourth-order valence-electron chi connectivity index (χ4n) is 8.68. The Labute approximate surface area is 364 Å². The van der Waals surface area contributed by atoms with E-state index in [9.17, 15) is 23.6 Å². The molecule has 322 valence electrons. The molecule has 0 radical (unpaired) electrons. The first-order valence-corrected chi connectivity index (χ1v) is 21.3. The number of carbonyl (C=O) groups excluding carboxylic acids is 4. The first-order chi connectivity index (χ1) is 30.0. The van der Waals surface area contributed by atoms with Gasteiger partial charge in [0.25, 0.3) is 0 Å². The summed E-state index contributed by atoms with van der Waals surface area (Å²) in [5.74, 6) is -0.922. The summed E-state index contributed by atoms with van der Waals surface area (Å²) in [5.41, 5.74) is 5.83. The van der Waals surface area contributed by atoms with Gasteiger partial charge >= 0.3 is 0 Å². The first kappa shape index (κ1) is 43.7. The Balaban J connectivity index is 0.983. The molecule has 11 nitrogen and oxygen atoms in total. The molecule has 2 heterocycles. The monoisotopic (exact) mass is 837 g/mol. The Kier molecular flexibility index (Phi) is 14.1. The molecular weight excluding hydrogens is 782 g/mol. The molecule has 5 aromatic rings. The Morgan fingerprint density at radius 3 is 1.32 bits per heavy atom. The van der Waals surface area contributed by atoms with Gasteiger partial charge in [0.2, 0.25) is 23.6 Å². The Morgan fingerprint density at radius 1 is 0.565 bits per heavy atom. The number of benzene rings is 5. The van der Waals surface area contributed by atoms with Crippen molar-refractivity contribution < 1.29 is 23.6 Å². The molecule has 7 rings (SSSR count). The maximum absolute atomic E-state index is 14.0. The molecule has 0 aromatic heterocycles. The summed E-state index contributed by atoms with van der Waals surface area (Å²) in [6.45, 7) is 2.05. The molecule has 2 saturated heterocycles. The smallest absolute Gasteiger partial charge is 0.247 e. The number of rotatable bonds is 15. The van der Waals surface area contributed by atoms with Gasteiger partial charge in [0.1, 0.15) is 30.0 Å². The third-order valence-electron chi connectivity index (χ3n) is 11.8. The quantitative estimate of drug-likeness (QED) is 0.113. The summed E-state index contributed by atoms with van der Waals surface area (Å²) < 4.78 is 14.0. The van der Waals surface area contributed by atoms with Crippen LogP contribution < -0.4 is 15.5 Å². The Morgan fingerprint density at radius 2 is 0.952 bits per heavy atom. The third kappa shape index (κ3) is 10.4. The van der Waals surface area contributed by atoms with Crippen LogP contribution in [-0.4, -0.2) is 96.6 Å². The van der Waals surface area contributed by atoms with E-state index in [2.05, 4.69) is 15.5 Å². The number of hydrogen-bond donors (Lipinski definition) is 2. The average Bonchev–Trinajstić information content (AvgIpc) is 3.98. The number of amides is 4. The second-order valence-corrected chi connectivity index (χ2v) is 16.6. The van der Waals surface area contributed by atoms with Gasteiger partial charge in [-0.25, -0.2) is 4.39 Å². The average molecular weight is 838 g/mol. The largest absolute Gasteiger partial charge is 0.363 e. The number of likely N-dealkylation sites (tertiary alicyclic amines) is 2. The molecule has 0 bridgehead atoms. The Hall–Kier alpha value is -6.37. The minimum atomic E-state index is -0.565. The van der Waals surface area contributed by atoms with Crippen LogP contribution in [0.1, 0.15) is 60.0 Å². The normalized spacial score (nSPS) is 17.2. The van der Waals surface area contributed by atoms with Gasteiger partial charge in [0, 0.05) is 43.2 Å². The minimum absolute atomic E-state index is 0.0869. The van der Waals surface area contributed by atoms with Crippen LogP contribution in [0.15, 0.2) is 133 Å². The topological polar surface area (TPSA) is 109 Å². The molecule has 2 N–H and O–H groups in total. The zero-order valence-electron chi connectivity index (χ0n) is 35.9. The fourth-order valence-corrected chi connectivity index (χ4v) is 8.68. The van der Waals surface area contributed by atoms with Crippen molar-refractivity contribution in [1.29, 1.82) is 0 Å². The van der Waals surface area contributed by atoms with E-state index in [1.165, 1.54) is 12.1 Å². The van der Waals surface area contributed by atoms with Gasteiger partial charge in [-0.15, -0.1) is 0 Å². The van der Waals surface area contributed by atoms with E-state index in [0.29, 0.717) is 50.4 Å². The molecule has 4 amide bonds. The molecule has 2 aliphatic rings. The molecule has 12 heteroatoms. The second kappa shape index (κ2) is 20.0. The van der Waals surface area contributed by atoms with Gasteiger partial charge in [-0.05, 0) is 125 Å². The molecule has 4 atom stereocenters. The maximum Gasteiger partial charge on any atom is 0.247 e. The van der Waals surface area contributed by atoms with Crippen LogP contribution in [-0.2, 0) is 32.3 Å². The summed E-state index contributed by atoms with van der Waals surface area (Å²) in [5, 5.41) is 6.08. The van der Waals surface area contributed by atoms with Gasteiger partial charge < -0.3 is 25.3 Å². The van der Waals surface area contributed by atoms with E-state index in [0.717, 1.165) is 40.8 Å². The number of likely N-dealkylation sites (N-methyl/N-ethyl adjacent to an activating group) is 2. The van der Waals surface area contributed by atoms with Crippen LogP contribution in [0, 0.1) is 5.82 Å². The van der Waals surface area contributed by atoms with Gasteiger partial charge in [0.15, 0.2) is 0 Å². The predicted molar refractivity (Wildman–Crippen MR) is 242 cm³/mol. The van der Waals surface area contributed by atoms with Crippen molar-refractivity contribution in [3.63, 3.8) is 0 Å². The highest BCUT2D eigenvalue weighted by Crippen LogP contribution is 2.30. The van der Waals surface area contributed by atoms with Crippen molar-refractivity contribution in [2.45, 2.75) is 62.9 Å². The fraction of sp³-hybridized carbons (Fsp3) is 0.320. The van der Waals surface area contributed by atoms with Crippen molar-refractivity contribution >= 4 is 40.7 Å². The zero-order valence-corrected chi connectivity index (χ0v) is 35.9. The van der Waals surface area contributed by atoms with Crippen LogP contribution in [0.25, 0.3) is 0 Å². The standard InChI is InChI=1S/C50H56FN7O4/c1-54(2)45(37-13-7-5-8-14-37)49(61)57-31-11-17-43(57)47(59)52-40-25-19-35(20-26-40)33-56(42-29-23-39(51)24-30-42)34-36-21-27-41(28-22-36)53-48(60)44-18-12-32-58(44)50(62)46(55(3)4)38-15-9-6-10-16-38/h5-10,13-16,19-30,43-46H,11-12,17-18,31-34H2,1-4H3,(H,52,59)(H,53,60). The van der Waals surface area contributed by atoms with Crippen molar-refractivity contribution in [1.82, 2.24) is 19.6 Å². The van der Waals surface area contributed by atoms with Crippen molar-refractivity contribution in [2.24, 2.45) is 0 Å². The van der Waals surface area contributed by atoms with Crippen LogP contribution >= 0.6 is 0 Å². The summed E-state index contributed by atoms with van der Waals surface area (Å²) in [6, 6.07) is 38.8. The SMILES string of the molecule is CN(C)C(C(=O)N1CCCC1C(=O)Nc1ccc(CN(Cc2ccc(NC(=O)C3CCCN3C(=O)C(c3ccccc3)N(C)C)cc2)c2ccc(F)cc2)cc1)c1ccccc1. The summed E-state index contributed by atoms with van der Waals surface area (Å²) in [6.07, 6.45) is 2.69. The number of carbonyl (C=O) groups is 4. The highest BCUT2D eigenvalue weighted by molar-refractivity contribution is 5.99.